The first kappa shape index (κ1) is 20.8. The van der Waals surface area contributed by atoms with Gasteiger partial charge in [0.05, 0.1) is 0 Å². The van der Waals surface area contributed by atoms with Gasteiger partial charge in [-0.3, -0.25) is 4.79 Å². The van der Waals surface area contributed by atoms with E-state index in [2.05, 4.69) is 46.5 Å². The van der Waals surface area contributed by atoms with E-state index in [9.17, 15) is 4.79 Å². The molecule has 0 unspecified atom stereocenters. The maximum absolute atomic E-state index is 12.7. The molecule has 164 valence electrons. The topological polar surface area (TPSA) is 32.8 Å². The number of nitrogens with zero attached hydrogens (tertiary/aromatic N) is 2. The zero-order chi connectivity index (χ0) is 21.2. The van der Waals surface area contributed by atoms with Crippen molar-refractivity contribution in [1.29, 1.82) is 0 Å². The summed E-state index contributed by atoms with van der Waals surface area (Å²) in [5, 5.41) is 2.19. The second-order valence-corrected chi connectivity index (χ2v) is 10.0. The van der Waals surface area contributed by atoms with Crippen LogP contribution in [0.4, 0.5) is 0 Å². The van der Waals surface area contributed by atoms with Gasteiger partial charge in [-0.2, -0.15) is 0 Å². The van der Waals surface area contributed by atoms with Crippen LogP contribution in [0.2, 0.25) is 0 Å². The van der Waals surface area contributed by atoms with Gasteiger partial charge >= 0.3 is 0 Å². The van der Waals surface area contributed by atoms with E-state index in [0.717, 1.165) is 64.0 Å². The summed E-state index contributed by atoms with van der Waals surface area (Å²) in [5.74, 6) is 1.29. The molecule has 1 aromatic heterocycles. The van der Waals surface area contributed by atoms with E-state index in [1.165, 1.54) is 33.6 Å². The van der Waals surface area contributed by atoms with Gasteiger partial charge in [-0.15, -0.1) is 11.3 Å². The highest BCUT2D eigenvalue weighted by atomic mass is 32.1. The highest BCUT2D eigenvalue weighted by Crippen LogP contribution is 2.43. The predicted octanol–water partition coefficient (Wildman–Crippen LogP) is 5.11. The molecule has 0 bridgehead atoms. The number of piperidine rings is 2. The molecule has 0 spiro atoms. The Balaban J connectivity index is 1.44. The Morgan fingerprint density at radius 1 is 1.06 bits per heavy atom. The third-order valence-corrected chi connectivity index (χ3v) is 7.92. The summed E-state index contributed by atoms with van der Waals surface area (Å²) in [4.78, 5) is 18.5. The minimum atomic E-state index is 0.306. The molecule has 4 nitrogen and oxygen atoms in total. The molecule has 0 saturated carbocycles. The average molecular weight is 437 g/mol. The van der Waals surface area contributed by atoms with Crippen LogP contribution in [0.1, 0.15) is 60.1 Å². The molecule has 0 aliphatic carbocycles. The molecule has 0 atom stereocenters. The summed E-state index contributed by atoms with van der Waals surface area (Å²) < 4.78 is 6.24. The largest absolute Gasteiger partial charge is 0.488 e. The van der Waals surface area contributed by atoms with Crippen LogP contribution in [-0.2, 0) is 17.8 Å². The molecule has 5 rings (SSSR count). The summed E-state index contributed by atoms with van der Waals surface area (Å²) in [5.41, 5.74) is 6.71. The van der Waals surface area contributed by atoms with Crippen LogP contribution in [-0.4, -0.2) is 48.9 Å². The number of thiophene rings is 1. The third-order valence-electron chi connectivity index (χ3n) is 6.95. The van der Waals surface area contributed by atoms with Crippen molar-refractivity contribution in [1.82, 2.24) is 9.80 Å². The smallest absolute Gasteiger partial charge is 0.222 e. The number of aryl methyl sites for hydroxylation is 1. The lowest BCUT2D eigenvalue weighted by molar-refractivity contribution is -0.132. The van der Waals surface area contributed by atoms with Gasteiger partial charge in [0.25, 0.3) is 0 Å². The predicted molar refractivity (Wildman–Crippen MR) is 127 cm³/mol. The van der Waals surface area contributed by atoms with E-state index in [1.807, 2.05) is 11.3 Å². The molecular formula is C26H32N2O2S. The number of fused-ring (bicyclic) bond motifs is 2. The number of carbonyl (C=O) groups is 1. The van der Waals surface area contributed by atoms with E-state index >= 15 is 0 Å². The first-order chi connectivity index (χ1) is 15.2. The van der Waals surface area contributed by atoms with Crippen molar-refractivity contribution >= 4 is 22.8 Å². The number of amides is 1. The van der Waals surface area contributed by atoms with Gasteiger partial charge in [0.2, 0.25) is 5.91 Å². The van der Waals surface area contributed by atoms with Crippen LogP contribution < -0.4 is 4.74 Å². The number of ether oxygens (including phenoxy) is 1. The molecule has 3 aliphatic heterocycles. The molecule has 3 aliphatic rings. The zero-order valence-electron chi connectivity index (χ0n) is 18.5. The van der Waals surface area contributed by atoms with Crippen molar-refractivity contribution in [2.45, 2.75) is 51.6 Å². The molecule has 2 fully saturated rings. The van der Waals surface area contributed by atoms with Crippen molar-refractivity contribution < 1.29 is 9.53 Å². The molecule has 0 radical (unpaired) electrons. The maximum Gasteiger partial charge on any atom is 0.222 e. The van der Waals surface area contributed by atoms with Gasteiger partial charge in [-0.1, -0.05) is 11.6 Å². The normalized spacial score (nSPS) is 19.5. The van der Waals surface area contributed by atoms with Crippen molar-refractivity contribution in [3.8, 4) is 5.75 Å². The summed E-state index contributed by atoms with van der Waals surface area (Å²) >= 11 is 1.84. The standard InChI is InChI=1S/C26H32N2O2S/c1-27-14-9-20(10-15-27)25-22-17-19(6-8-24(29)28-12-3-2-4-13-28)5-7-23(22)30-18-21-11-16-31-26(21)25/h5,7,11,16-17H,2-4,6,8-10,12-15,18H2,1H3. The van der Waals surface area contributed by atoms with Crippen LogP contribution in [0, 0.1) is 0 Å². The summed E-state index contributed by atoms with van der Waals surface area (Å²) in [7, 11) is 2.21. The summed E-state index contributed by atoms with van der Waals surface area (Å²) in [6.07, 6.45) is 7.17. The Kier molecular flexibility index (Phi) is 6.15. The van der Waals surface area contributed by atoms with Crippen LogP contribution >= 0.6 is 11.3 Å². The Bertz CT molecular complexity index is 977. The number of carbonyl (C=O) groups excluding carboxylic acids is 1. The van der Waals surface area contributed by atoms with Crippen LogP contribution in [0.25, 0.3) is 5.57 Å². The van der Waals surface area contributed by atoms with Gasteiger partial charge < -0.3 is 14.5 Å². The van der Waals surface area contributed by atoms with Crippen molar-refractivity contribution in [3.05, 3.63) is 56.8 Å². The van der Waals surface area contributed by atoms with Crippen LogP contribution in [0.5, 0.6) is 5.75 Å². The lowest BCUT2D eigenvalue weighted by atomic mass is 9.89. The van der Waals surface area contributed by atoms with Gasteiger partial charge in [0, 0.05) is 54.2 Å². The number of rotatable bonds is 3. The van der Waals surface area contributed by atoms with E-state index in [0.29, 0.717) is 18.9 Å². The number of hydrogen-bond acceptors (Lipinski definition) is 4. The fourth-order valence-corrected chi connectivity index (χ4v) is 6.06. The Hall–Kier alpha value is -2.11. The van der Waals surface area contributed by atoms with Crippen molar-refractivity contribution in [3.63, 3.8) is 0 Å². The maximum atomic E-state index is 12.7. The molecule has 4 heterocycles. The molecule has 1 aromatic carbocycles. The first-order valence-corrected chi connectivity index (χ1v) is 12.6. The van der Waals surface area contributed by atoms with E-state index in [1.54, 1.807) is 5.57 Å². The van der Waals surface area contributed by atoms with E-state index in [4.69, 9.17) is 4.74 Å². The first-order valence-electron chi connectivity index (χ1n) is 11.7. The Morgan fingerprint density at radius 3 is 2.68 bits per heavy atom. The van der Waals surface area contributed by atoms with Crippen LogP contribution in [0.15, 0.2) is 35.2 Å². The second kappa shape index (κ2) is 9.17. The van der Waals surface area contributed by atoms with Gasteiger partial charge in [0.15, 0.2) is 0 Å². The minimum Gasteiger partial charge on any atom is -0.488 e. The summed E-state index contributed by atoms with van der Waals surface area (Å²) in [6.45, 7) is 4.72. The molecule has 5 heteroatoms. The molecular weight excluding hydrogens is 404 g/mol. The van der Waals surface area contributed by atoms with E-state index in [-0.39, 0.29) is 0 Å². The van der Waals surface area contributed by atoms with Crippen LogP contribution in [0.3, 0.4) is 0 Å². The van der Waals surface area contributed by atoms with Crippen molar-refractivity contribution in [2.75, 3.05) is 33.2 Å². The fraction of sp³-hybridized carbons (Fsp3) is 0.500. The lowest BCUT2D eigenvalue weighted by Crippen LogP contribution is -2.35. The van der Waals surface area contributed by atoms with Crippen molar-refractivity contribution in [2.24, 2.45) is 0 Å². The number of likely N-dealkylation sites (tertiary alicyclic amines) is 2. The van der Waals surface area contributed by atoms with Gasteiger partial charge in [0.1, 0.15) is 12.4 Å². The molecule has 2 aromatic rings. The zero-order valence-corrected chi connectivity index (χ0v) is 19.3. The molecule has 2 saturated heterocycles. The van der Waals surface area contributed by atoms with Gasteiger partial charge in [-0.05, 0) is 74.7 Å². The Labute approximate surface area is 189 Å². The SMILES string of the molecule is CN1CCC(=C2c3cc(CCC(=O)N4CCCCC4)ccc3OCc3ccsc32)CC1. The number of hydrogen-bond donors (Lipinski definition) is 0. The quantitative estimate of drug-likeness (QED) is 0.670. The highest BCUT2D eigenvalue weighted by Gasteiger charge is 2.25. The Morgan fingerprint density at radius 2 is 1.87 bits per heavy atom. The number of benzene rings is 1. The minimum absolute atomic E-state index is 0.306. The second-order valence-electron chi connectivity index (χ2n) is 9.12. The fourth-order valence-electron chi connectivity index (χ4n) is 5.04. The molecule has 1 amide bonds. The third kappa shape index (κ3) is 4.44. The lowest BCUT2D eigenvalue weighted by Gasteiger charge is -2.27. The monoisotopic (exact) mass is 436 g/mol. The highest BCUT2D eigenvalue weighted by molar-refractivity contribution is 7.11. The van der Waals surface area contributed by atoms with Gasteiger partial charge in [-0.25, -0.2) is 0 Å². The van der Waals surface area contributed by atoms with E-state index < -0.39 is 0 Å². The summed E-state index contributed by atoms with van der Waals surface area (Å²) in [6, 6.07) is 8.79. The molecule has 31 heavy (non-hydrogen) atoms. The molecule has 0 N–H and O–H groups in total. The average Bonchev–Trinajstić information content (AvgIpc) is 3.21.